The van der Waals surface area contributed by atoms with Crippen LogP contribution in [0.2, 0.25) is 5.15 Å². The molecule has 0 aliphatic rings. The van der Waals surface area contributed by atoms with Gasteiger partial charge in [-0.1, -0.05) is 27.5 Å². The van der Waals surface area contributed by atoms with E-state index in [0.29, 0.717) is 16.6 Å². The van der Waals surface area contributed by atoms with Gasteiger partial charge in [-0.2, -0.15) is 0 Å². The van der Waals surface area contributed by atoms with Crippen molar-refractivity contribution in [1.82, 2.24) is 4.98 Å². The summed E-state index contributed by atoms with van der Waals surface area (Å²) < 4.78 is 24.9. The highest BCUT2D eigenvalue weighted by molar-refractivity contribution is 9.08. The van der Waals surface area contributed by atoms with Crippen LogP contribution in [0.4, 0.5) is 8.78 Å². The Morgan fingerprint density at radius 2 is 2.23 bits per heavy atom. The SMILES string of the molecule is Cc1nc(Cl)cc(C(F)F)c1CBr. The molecule has 1 rings (SSSR count). The van der Waals surface area contributed by atoms with Crippen LogP contribution in [0, 0.1) is 6.92 Å². The molecule has 0 aromatic carbocycles. The molecule has 0 N–H and O–H groups in total. The first-order valence-corrected chi connectivity index (χ1v) is 5.06. The molecule has 0 fully saturated rings. The van der Waals surface area contributed by atoms with Crippen molar-refractivity contribution in [1.29, 1.82) is 0 Å². The average Bonchev–Trinajstić information content (AvgIpc) is 2.02. The number of nitrogens with zero attached hydrogens (tertiary/aromatic N) is 1. The van der Waals surface area contributed by atoms with Crippen molar-refractivity contribution in [3.8, 4) is 0 Å². The predicted octanol–water partition coefficient (Wildman–Crippen LogP) is 3.88. The van der Waals surface area contributed by atoms with E-state index in [1.165, 1.54) is 6.07 Å². The molecule has 0 radical (unpaired) electrons. The standard InChI is InChI=1S/C8H7BrClF2N/c1-4-6(3-9)5(8(11)12)2-7(10)13-4/h2,8H,3H2,1H3. The zero-order valence-corrected chi connectivity index (χ0v) is 9.16. The zero-order valence-electron chi connectivity index (χ0n) is 6.82. The van der Waals surface area contributed by atoms with Gasteiger partial charge in [0.2, 0.25) is 0 Å². The maximum Gasteiger partial charge on any atom is 0.264 e. The molecule has 13 heavy (non-hydrogen) atoms. The number of aromatic nitrogens is 1. The van der Waals surface area contributed by atoms with Gasteiger partial charge in [0.15, 0.2) is 0 Å². The van der Waals surface area contributed by atoms with Crippen molar-refractivity contribution in [2.45, 2.75) is 18.7 Å². The summed E-state index contributed by atoms with van der Waals surface area (Å²) >= 11 is 8.70. The van der Waals surface area contributed by atoms with Crippen LogP contribution in [0.15, 0.2) is 6.07 Å². The molecule has 1 heterocycles. The Balaban J connectivity index is 3.29. The summed E-state index contributed by atoms with van der Waals surface area (Å²) in [6.45, 7) is 1.66. The quantitative estimate of drug-likeness (QED) is 0.587. The highest BCUT2D eigenvalue weighted by Gasteiger charge is 2.15. The summed E-state index contributed by atoms with van der Waals surface area (Å²) in [4.78, 5) is 3.89. The van der Waals surface area contributed by atoms with Gasteiger partial charge in [-0.25, -0.2) is 13.8 Å². The summed E-state index contributed by atoms with van der Waals surface area (Å²) in [6.07, 6.45) is -2.51. The average molecular weight is 271 g/mol. The number of hydrogen-bond donors (Lipinski definition) is 0. The molecule has 1 aromatic heterocycles. The highest BCUT2D eigenvalue weighted by atomic mass is 79.9. The first-order chi connectivity index (χ1) is 6.06. The lowest BCUT2D eigenvalue weighted by molar-refractivity contribution is 0.150. The van der Waals surface area contributed by atoms with E-state index in [4.69, 9.17) is 11.6 Å². The fraction of sp³-hybridized carbons (Fsp3) is 0.375. The van der Waals surface area contributed by atoms with Crippen LogP contribution in [-0.4, -0.2) is 4.98 Å². The summed E-state index contributed by atoms with van der Waals surface area (Å²) in [5, 5.41) is 0.473. The highest BCUT2D eigenvalue weighted by Crippen LogP contribution is 2.28. The van der Waals surface area contributed by atoms with E-state index in [1.807, 2.05) is 0 Å². The third kappa shape index (κ3) is 2.38. The topological polar surface area (TPSA) is 12.9 Å². The third-order valence-corrected chi connectivity index (χ3v) is 2.46. The third-order valence-electron chi connectivity index (χ3n) is 1.70. The Labute approximate surface area is 88.2 Å². The van der Waals surface area contributed by atoms with E-state index in [-0.39, 0.29) is 10.7 Å². The van der Waals surface area contributed by atoms with E-state index in [2.05, 4.69) is 20.9 Å². The monoisotopic (exact) mass is 269 g/mol. The van der Waals surface area contributed by atoms with Gasteiger partial charge in [0.25, 0.3) is 6.43 Å². The van der Waals surface area contributed by atoms with E-state index in [0.717, 1.165) is 0 Å². The number of pyridine rings is 1. The van der Waals surface area contributed by atoms with Crippen LogP contribution in [-0.2, 0) is 5.33 Å². The molecule has 0 atom stereocenters. The van der Waals surface area contributed by atoms with Gasteiger partial charge in [-0.15, -0.1) is 0 Å². The van der Waals surface area contributed by atoms with Crippen LogP contribution < -0.4 is 0 Å². The molecule has 0 saturated heterocycles. The van der Waals surface area contributed by atoms with E-state index < -0.39 is 6.43 Å². The summed E-state index contributed by atoms with van der Waals surface area (Å²) in [6, 6.07) is 1.20. The first kappa shape index (κ1) is 10.9. The Morgan fingerprint density at radius 1 is 1.62 bits per heavy atom. The van der Waals surface area contributed by atoms with Gasteiger partial charge in [-0.05, 0) is 18.6 Å². The lowest BCUT2D eigenvalue weighted by atomic mass is 10.1. The molecule has 0 amide bonds. The fourth-order valence-corrected chi connectivity index (χ4v) is 2.03. The van der Waals surface area contributed by atoms with E-state index >= 15 is 0 Å². The minimum Gasteiger partial charge on any atom is -0.241 e. The number of alkyl halides is 3. The van der Waals surface area contributed by atoms with Crippen LogP contribution in [0.1, 0.15) is 23.2 Å². The Morgan fingerprint density at radius 3 is 2.69 bits per heavy atom. The largest absolute Gasteiger partial charge is 0.264 e. The van der Waals surface area contributed by atoms with Gasteiger partial charge < -0.3 is 0 Å². The van der Waals surface area contributed by atoms with Crippen LogP contribution >= 0.6 is 27.5 Å². The predicted molar refractivity (Wildman–Crippen MR) is 51.6 cm³/mol. The smallest absolute Gasteiger partial charge is 0.241 e. The van der Waals surface area contributed by atoms with Crippen molar-refractivity contribution < 1.29 is 8.78 Å². The molecular formula is C8H7BrClF2N. The van der Waals surface area contributed by atoms with E-state index in [9.17, 15) is 8.78 Å². The number of halogens is 4. The van der Waals surface area contributed by atoms with Crippen molar-refractivity contribution in [2.75, 3.05) is 0 Å². The normalized spacial score (nSPS) is 10.9. The molecule has 72 valence electrons. The summed E-state index contributed by atoms with van der Waals surface area (Å²) in [5.74, 6) is 0. The molecule has 5 heteroatoms. The molecule has 1 nitrogen and oxygen atoms in total. The lowest BCUT2D eigenvalue weighted by Gasteiger charge is -2.09. The molecule has 0 spiro atoms. The second-order valence-corrected chi connectivity index (χ2v) is 3.48. The van der Waals surface area contributed by atoms with E-state index in [1.54, 1.807) is 6.92 Å². The van der Waals surface area contributed by atoms with Crippen molar-refractivity contribution in [2.24, 2.45) is 0 Å². The maximum atomic E-state index is 12.5. The second-order valence-electron chi connectivity index (χ2n) is 2.53. The minimum absolute atomic E-state index is 0.0469. The summed E-state index contributed by atoms with van der Waals surface area (Å²) in [5.41, 5.74) is 1.01. The molecule has 1 aromatic rings. The van der Waals surface area contributed by atoms with Crippen molar-refractivity contribution >= 4 is 27.5 Å². The summed E-state index contributed by atoms with van der Waals surface area (Å²) in [7, 11) is 0. The Kier molecular flexibility index (Phi) is 3.62. The van der Waals surface area contributed by atoms with Gasteiger partial charge in [0, 0.05) is 16.6 Å². The van der Waals surface area contributed by atoms with Crippen LogP contribution in [0.5, 0.6) is 0 Å². The fourth-order valence-electron chi connectivity index (χ4n) is 1.05. The molecular weight excluding hydrogens is 263 g/mol. The minimum atomic E-state index is -2.51. The Hall–Kier alpha value is -0.220. The second kappa shape index (κ2) is 4.33. The van der Waals surface area contributed by atoms with Crippen molar-refractivity contribution in [3.05, 3.63) is 28.0 Å². The van der Waals surface area contributed by atoms with Gasteiger partial charge in [0.05, 0.1) is 0 Å². The Bertz CT molecular complexity index is 317. The zero-order chi connectivity index (χ0) is 10.0. The van der Waals surface area contributed by atoms with Crippen LogP contribution in [0.25, 0.3) is 0 Å². The van der Waals surface area contributed by atoms with Crippen molar-refractivity contribution in [3.63, 3.8) is 0 Å². The number of aryl methyl sites for hydroxylation is 1. The molecule has 0 unspecified atom stereocenters. The van der Waals surface area contributed by atoms with Gasteiger partial charge >= 0.3 is 0 Å². The van der Waals surface area contributed by atoms with Crippen LogP contribution in [0.3, 0.4) is 0 Å². The first-order valence-electron chi connectivity index (χ1n) is 3.56. The van der Waals surface area contributed by atoms with Gasteiger partial charge in [0.1, 0.15) is 5.15 Å². The lowest BCUT2D eigenvalue weighted by Crippen LogP contribution is -1.98. The van der Waals surface area contributed by atoms with Gasteiger partial charge in [-0.3, -0.25) is 0 Å². The molecule has 0 saturated carbocycles. The number of rotatable bonds is 2. The number of hydrogen-bond acceptors (Lipinski definition) is 1. The molecule has 0 aliphatic carbocycles. The molecule has 0 aliphatic heterocycles. The molecule has 0 bridgehead atoms. The maximum absolute atomic E-state index is 12.5.